The minimum Gasteiger partial charge on any atom is -0.397 e. The molecule has 1 aromatic carbocycles. The van der Waals surface area contributed by atoms with Crippen LogP contribution in [0.4, 0.5) is 5.69 Å². The first kappa shape index (κ1) is 15.4. The molecule has 5 heteroatoms. The Morgan fingerprint density at radius 2 is 2.17 bits per heavy atom. The number of anilines is 1. The topological polar surface area (TPSA) is 59.2 Å². The molecule has 0 saturated carbocycles. The Labute approximate surface area is 145 Å². The van der Waals surface area contributed by atoms with E-state index in [1.807, 2.05) is 4.90 Å². The fourth-order valence-electron chi connectivity index (χ4n) is 3.49. The van der Waals surface area contributed by atoms with Crippen molar-refractivity contribution in [2.24, 2.45) is 0 Å². The normalized spacial score (nSPS) is 18.4. The number of carbonyl (C=O) groups is 1. The molecule has 124 valence electrons. The van der Waals surface area contributed by atoms with Gasteiger partial charge in [-0.2, -0.15) is 0 Å². The molecule has 3 heterocycles. The van der Waals surface area contributed by atoms with Gasteiger partial charge < -0.3 is 10.6 Å². The van der Waals surface area contributed by atoms with Crippen molar-refractivity contribution in [1.29, 1.82) is 0 Å². The third-order valence-corrected chi connectivity index (χ3v) is 6.03. The van der Waals surface area contributed by atoms with Crippen LogP contribution in [0.5, 0.6) is 0 Å². The molecule has 0 spiro atoms. The predicted molar refractivity (Wildman–Crippen MR) is 101 cm³/mol. The lowest BCUT2D eigenvalue weighted by molar-refractivity contribution is 0.0642. The summed E-state index contributed by atoms with van der Waals surface area (Å²) in [6, 6.07) is 8.53. The van der Waals surface area contributed by atoms with Crippen molar-refractivity contribution in [2.75, 3.05) is 12.3 Å². The van der Waals surface area contributed by atoms with Crippen LogP contribution in [-0.2, 0) is 0 Å². The summed E-state index contributed by atoms with van der Waals surface area (Å²) < 4.78 is 0. The van der Waals surface area contributed by atoms with Gasteiger partial charge in [0, 0.05) is 23.4 Å². The summed E-state index contributed by atoms with van der Waals surface area (Å²) in [6.07, 6.45) is 3.33. The van der Waals surface area contributed by atoms with Gasteiger partial charge >= 0.3 is 0 Å². The monoisotopic (exact) mass is 339 g/mol. The van der Waals surface area contributed by atoms with E-state index in [1.54, 1.807) is 0 Å². The van der Waals surface area contributed by atoms with Crippen molar-refractivity contribution in [3.05, 3.63) is 34.7 Å². The van der Waals surface area contributed by atoms with Gasteiger partial charge in [0.05, 0.1) is 11.2 Å². The number of hydrogen-bond acceptors (Lipinski definition) is 4. The third-order valence-electron chi connectivity index (χ3n) is 4.93. The standard InChI is InChI=1S/C19H21N3OS/c1-11-6-7-13-10-14-16(20)17(24-18(14)21-15(13)9-11)19(23)22-8-4-3-5-12(22)2/h6-7,9-10,12H,3-5,8,20H2,1-2H3/t12-/m1/s1. The number of aryl methyl sites for hydroxylation is 1. The number of fused-ring (bicyclic) bond motifs is 2. The fraction of sp³-hybridized carbons (Fsp3) is 0.368. The zero-order chi connectivity index (χ0) is 16.8. The quantitative estimate of drug-likeness (QED) is 0.717. The summed E-state index contributed by atoms with van der Waals surface area (Å²) in [5.41, 5.74) is 9.04. The summed E-state index contributed by atoms with van der Waals surface area (Å²) in [5.74, 6) is 0.0583. The van der Waals surface area contributed by atoms with E-state index in [0.29, 0.717) is 10.6 Å². The summed E-state index contributed by atoms with van der Waals surface area (Å²) in [5, 5.41) is 1.95. The Morgan fingerprint density at radius 1 is 1.33 bits per heavy atom. The molecule has 0 radical (unpaired) electrons. The molecule has 2 N–H and O–H groups in total. The maximum absolute atomic E-state index is 13.0. The first-order valence-electron chi connectivity index (χ1n) is 8.45. The maximum Gasteiger partial charge on any atom is 0.266 e. The van der Waals surface area contributed by atoms with E-state index in [9.17, 15) is 4.79 Å². The highest BCUT2D eigenvalue weighted by Gasteiger charge is 2.28. The number of piperidine rings is 1. The first-order valence-corrected chi connectivity index (χ1v) is 9.26. The van der Waals surface area contributed by atoms with E-state index < -0.39 is 0 Å². The number of nitrogens with zero attached hydrogens (tertiary/aromatic N) is 2. The van der Waals surface area contributed by atoms with E-state index in [0.717, 1.165) is 40.5 Å². The van der Waals surface area contributed by atoms with Gasteiger partial charge in [0.2, 0.25) is 0 Å². The highest BCUT2D eigenvalue weighted by Crippen LogP contribution is 2.36. The zero-order valence-corrected chi connectivity index (χ0v) is 14.8. The molecule has 1 aliphatic heterocycles. The number of amides is 1. The van der Waals surface area contributed by atoms with Crippen molar-refractivity contribution < 1.29 is 4.79 Å². The van der Waals surface area contributed by atoms with Crippen LogP contribution in [0.3, 0.4) is 0 Å². The van der Waals surface area contributed by atoms with Gasteiger partial charge in [0.25, 0.3) is 5.91 Å². The van der Waals surface area contributed by atoms with Crippen molar-refractivity contribution in [3.8, 4) is 0 Å². The maximum atomic E-state index is 13.0. The van der Waals surface area contributed by atoms with Gasteiger partial charge in [-0.3, -0.25) is 4.79 Å². The average molecular weight is 339 g/mol. The fourth-order valence-corrected chi connectivity index (χ4v) is 4.53. The molecule has 1 saturated heterocycles. The van der Waals surface area contributed by atoms with Crippen LogP contribution in [0.1, 0.15) is 41.4 Å². The molecule has 1 amide bonds. The van der Waals surface area contributed by atoms with Crippen molar-refractivity contribution in [1.82, 2.24) is 9.88 Å². The second kappa shape index (κ2) is 5.74. The number of rotatable bonds is 1. The minimum absolute atomic E-state index is 0.0583. The lowest BCUT2D eigenvalue weighted by Gasteiger charge is -2.33. The van der Waals surface area contributed by atoms with E-state index in [2.05, 4.69) is 38.1 Å². The minimum atomic E-state index is 0.0583. The Kier molecular flexibility index (Phi) is 3.68. The van der Waals surface area contributed by atoms with Crippen LogP contribution >= 0.6 is 11.3 Å². The van der Waals surface area contributed by atoms with E-state index >= 15 is 0 Å². The molecule has 1 aliphatic rings. The van der Waals surface area contributed by atoms with Gasteiger partial charge in [-0.25, -0.2) is 4.98 Å². The summed E-state index contributed by atoms with van der Waals surface area (Å²) in [4.78, 5) is 21.2. The summed E-state index contributed by atoms with van der Waals surface area (Å²) >= 11 is 1.42. The number of nitrogen functional groups attached to an aromatic ring is 1. The van der Waals surface area contributed by atoms with E-state index in [-0.39, 0.29) is 11.9 Å². The Bertz CT molecular complexity index is 947. The molecule has 0 unspecified atom stereocenters. The molecule has 1 fully saturated rings. The second-order valence-electron chi connectivity index (χ2n) is 6.73. The molecule has 0 aliphatic carbocycles. The zero-order valence-electron chi connectivity index (χ0n) is 14.0. The molecule has 24 heavy (non-hydrogen) atoms. The van der Waals surface area contributed by atoms with Gasteiger partial charge in [-0.15, -0.1) is 11.3 Å². The van der Waals surface area contributed by atoms with Gasteiger partial charge in [0.15, 0.2) is 0 Å². The van der Waals surface area contributed by atoms with Crippen LogP contribution < -0.4 is 5.73 Å². The molecular formula is C19H21N3OS. The molecular weight excluding hydrogens is 318 g/mol. The highest BCUT2D eigenvalue weighted by atomic mass is 32.1. The van der Waals surface area contributed by atoms with E-state index in [4.69, 9.17) is 10.7 Å². The van der Waals surface area contributed by atoms with Gasteiger partial charge in [-0.05, 0) is 50.8 Å². The number of aromatic nitrogens is 1. The van der Waals surface area contributed by atoms with Crippen molar-refractivity contribution in [2.45, 2.75) is 39.2 Å². The third kappa shape index (κ3) is 2.44. The Hall–Kier alpha value is -2.14. The highest BCUT2D eigenvalue weighted by molar-refractivity contribution is 7.21. The Morgan fingerprint density at radius 3 is 2.96 bits per heavy atom. The Balaban J connectivity index is 1.82. The number of benzene rings is 1. The number of hydrogen-bond donors (Lipinski definition) is 1. The smallest absolute Gasteiger partial charge is 0.266 e. The lowest BCUT2D eigenvalue weighted by atomic mass is 10.0. The van der Waals surface area contributed by atoms with E-state index in [1.165, 1.54) is 23.3 Å². The lowest BCUT2D eigenvalue weighted by Crippen LogP contribution is -2.41. The number of carbonyl (C=O) groups excluding carboxylic acids is 1. The number of likely N-dealkylation sites (tertiary alicyclic amines) is 1. The van der Waals surface area contributed by atoms with Crippen molar-refractivity contribution in [3.63, 3.8) is 0 Å². The SMILES string of the molecule is Cc1ccc2cc3c(N)c(C(=O)N4CCCC[C@H]4C)sc3nc2c1. The van der Waals surface area contributed by atoms with Gasteiger partial charge in [0.1, 0.15) is 9.71 Å². The number of nitrogens with two attached hydrogens (primary N) is 1. The molecule has 2 aromatic heterocycles. The van der Waals surface area contributed by atoms with Crippen LogP contribution in [0.25, 0.3) is 21.1 Å². The number of pyridine rings is 1. The van der Waals surface area contributed by atoms with Crippen LogP contribution in [0.2, 0.25) is 0 Å². The second-order valence-corrected chi connectivity index (χ2v) is 7.72. The first-order chi connectivity index (χ1) is 11.5. The molecule has 3 aromatic rings. The van der Waals surface area contributed by atoms with Crippen LogP contribution in [0, 0.1) is 6.92 Å². The van der Waals surface area contributed by atoms with Crippen LogP contribution in [-0.4, -0.2) is 28.4 Å². The molecule has 1 atom stereocenters. The predicted octanol–water partition coefficient (Wildman–Crippen LogP) is 4.35. The number of thiophene rings is 1. The van der Waals surface area contributed by atoms with Gasteiger partial charge in [-0.1, -0.05) is 12.1 Å². The molecule has 4 rings (SSSR count). The van der Waals surface area contributed by atoms with Crippen molar-refractivity contribution >= 4 is 44.1 Å². The molecule has 4 nitrogen and oxygen atoms in total. The van der Waals surface area contributed by atoms with Crippen LogP contribution in [0.15, 0.2) is 24.3 Å². The average Bonchev–Trinajstić information content (AvgIpc) is 2.89. The summed E-state index contributed by atoms with van der Waals surface area (Å²) in [7, 11) is 0. The largest absolute Gasteiger partial charge is 0.397 e. The molecule has 0 bridgehead atoms. The summed E-state index contributed by atoms with van der Waals surface area (Å²) in [6.45, 7) is 5.00.